The molecule has 28 heavy (non-hydrogen) atoms. The second kappa shape index (κ2) is 8.06. The number of likely N-dealkylation sites (N-methyl/N-ethyl adjacent to an activating group) is 1. The Morgan fingerprint density at radius 2 is 2.04 bits per heavy atom. The van der Waals surface area contributed by atoms with Gasteiger partial charge >= 0.3 is 0 Å². The van der Waals surface area contributed by atoms with Gasteiger partial charge in [-0.25, -0.2) is 9.67 Å². The van der Waals surface area contributed by atoms with Crippen molar-refractivity contribution in [2.45, 2.75) is 25.3 Å². The van der Waals surface area contributed by atoms with Crippen LogP contribution in [0.15, 0.2) is 42.7 Å². The number of carbonyl (C=O) groups excluding carboxylic acids is 1. The Morgan fingerprint density at radius 1 is 1.18 bits per heavy atom. The molecule has 1 amide bonds. The quantitative estimate of drug-likeness (QED) is 0.656. The third-order valence-electron chi connectivity index (χ3n) is 5.28. The SMILES string of the molecule is CN(C)CCn1nc(C2CCN(C(=O)Cc3ccccn3)C2)c2cccnc21. The van der Waals surface area contributed by atoms with Crippen molar-refractivity contribution in [1.29, 1.82) is 0 Å². The molecular formula is C21H26N6O. The molecule has 7 heteroatoms. The molecule has 0 saturated carbocycles. The largest absolute Gasteiger partial charge is 0.342 e. The fourth-order valence-corrected chi connectivity index (χ4v) is 3.77. The predicted molar refractivity (Wildman–Crippen MR) is 108 cm³/mol. The molecule has 1 aliphatic heterocycles. The van der Waals surface area contributed by atoms with Crippen LogP contribution in [0.25, 0.3) is 11.0 Å². The highest BCUT2D eigenvalue weighted by atomic mass is 16.2. The van der Waals surface area contributed by atoms with Crippen LogP contribution < -0.4 is 0 Å². The number of pyridine rings is 2. The van der Waals surface area contributed by atoms with Gasteiger partial charge in [-0.3, -0.25) is 9.78 Å². The number of rotatable bonds is 6. The van der Waals surface area contributed by atoms with Crippen molar-refractivity contribution in [1.82, 2.24) is 29.5 Å². The minimum Gasteiger partial charge on any atom is -0.342 e. The van der Waals surface area contributed by atoms with E-state index in [0.717, 1.165) is 48.5 Å². The molecule has 0 radical (unpaired) electrons. The number of carbonyl (C=O) groups is 1. The molecular weight excluding hydrogens is 352 g/mol. The number of hydrogen-bond acceptors (Lipinski definition) is 5. The summed E-state index contributed by atoms with van der Waals surface area (Å²) in [6.45, 7) is 3.19. The van der Waals surface area contributed by atoms with Crippen LogP contribution in [0, 0.1) is 0 Å². The van der Waals surface area contributed by atoms with Crippen LogP contribution in [0.5, 0.6) is 0 Å². The zero-order chi connectivity index (χ0) is 19.5. The lowest BCUT2D eigenvalue weighted by atomic mass is 10.0. The first-order valence-electron chi connectivity index (χ1n) is 9.75. The molecule has 0 spiro atoms. The van der Waals surface area contributed by atoms with Gasteiger partial charge < -0.3 is 9.80 Å². The Labute approximate surface area is 165 Å². The lowest BCUT2D eigenvalue weighted by Crippen LogP contribution is -2.30. The molecule has 3 aromatic rings. The molecule has 1 saturated heterocycles. The first-order chi connectivity index (χ1) is 13.6. The molecule has 1 unspecified atom stereocenters. The number of likely N-dealkylation sites (tertiary alicyclic amines) is 1. The standard InChI is InChI=1S/C21H26N6O/c1-25(2)12-13-27-21-18(7-5-10-23-21)20(24-27)16-8-11-26(15-16)19(28)14-17-6-3-4-9-22-17/h3-7,9-10,16H,8,11-15H2,1-2H3. The van der Waals surface area contributed by atoms with Gasteiger partial charge in [0.1, 0.15) is 0 Å². The number of fused-ring (bicyclic) bond motifs is 1. The van der Waals surface area contributed by atoms with Crippen molar-refractivity contribution >= 4 is 16.9 Å². The van der Waals surface area contributed by atoms with Crippen molar-refractivity contribution in [3.63, 3.8) is 0 Å². The Morgan fingerprint density at radius 3 is 2.82 bits per heavy atom. The van der Waals surface area contributed by atoms with Crippen molar-refractivity contribution in [2.75, 3.05) is 33.7 Å². The zero-order valence-corrected chi connectivity index (χ0v) is 16.5. The van der Waals surface area contributed by atoms with Crippen molar-refractivity contribution in [3.05, 3.63) is 54.1 Å². The van der Waals surface area contributed by atoms with Gasteiger partial charge in [0.15, 0.2) is 5.65 Å². The minimum atomic E-state index is 0.135. The van der Waals surface area contributed by atoms with Crippen LogP contribution in [0.2, 0.25) is 0 Å². The maximum Gasteiger partial charge on any atom is 0.228 e. The van der Waals surface area contributed by atoms with Crippen LogP contribution in [-0.2, 0) is 17.8 Å². The van der Waals surface area contributed by atoms with Crippen LogP contribution in [0.1, 0.15) is 23.7 Å². The van der Waals surface area contributed by atoms with E-state index in [4.69, 9.17) is 5.10 Å². The lowest BCUT2D eigenvalue weighted by Gasteiger charge is -2.16. The van der Waals surface area contributed by atoms with Gasteiger partial charge in [0.25, 0.3) is 0 Å². The third kappa shape index (κ3) is 3.89. The van der Waals surface area contributed by atoms with Gasteiger partial charge in [-0.1, -0.05) is 6.07 Å². The maximum absolute atomic E-state index is 12.7. The minimum absolute atomic E-state index is 0.135. The molecule has 146 valence electrons. The number of aromatic nitrogens is 4. The summed E-state index contributed by atoms with van der Waals surface area (Å²) in [5, 5.41) is 6.00. The summed E-state index contributed by atoms with van der Waals surface area (Å²) in [6.07, 6.45) is 4.84. The molecule has 4 rings (SSSR count). The molecule has 0 bridgehead atoms. The fraction of sp³-hybridized carbons (Fsp3) is 0.429. The van der Waals surface area contributed by atoms with E-state index in [1.54, 1.807) is 6.20 Å². The summed E-state index contributed by atoms with van der Waals surface area (Å²) in [5.74, 6) is 0.385. The molecule has 3 aromatic heterocycles. The van der Waals surface area contributed by atoms with Gasteiger partial charge in [0.2, 0.25) is 5.91 Å². The number of amides is 1. The van der Waals surface area contributed by atoms with Crippen LogP contribution in [0.4, 0.5) is 0 Å². The normalized spacial score (nSPS) is 17.0. The van der Waals surface area contributed by atoms with E-state index in [1.165, 1.54) is 0 Å². The summed E-state index contributed by atoms with van der Waals surface area (Å²) >= 11 is 0. The third-order valence-corrected chi connectivity index (χ3v) is 5.28. The zero-order valence-electron chi connectivity index (χ0n) is 16.5. The molecule has 0 aromatic carbocycles. The van der Waals surface area contributed by atoms with E-state index in [9.17, 15) is 4.79 Å². The van der Waals surface area contributed by atoms with Gasteiger partial charge in [0, 0.05) is 49.0 Å². The average molecular weight is 378 g/mol. The average Bonchev–Trinajstić information content (AvgIpc) is 3.32. The molecule has 0 aliphatic carbocycles. The Balaban J connectivity index is 1.50. The van der Waals surface area contributed by atoms with Gasteiger partial charge in [-0.05, 0) is 44.8 Å². The van der Waals surface area contributed by atoms with Gasteiger partial charge in [-0.2, -0.15) is 5.10 Å². The van der Waals surface area contributed by atoms with Crippen LogP contribution in [-0.4, -0.2) is 69.2 Å². The van der Waals surface area contributed by atoms with E-state index >= 15 is 0 Å². The maximum atomic E-state index is 12.7. The summed E-state index contributed by atoms with van der Waals surface area (Å²) in [6, 6.07) is 9.74. The van der Waals surface area contributed by atoms with Gasteiger partial charge in [0.05, 0.1) is 18.7 Å². The Kier molecular flexibility index (Phi) is 5.34. The van der Waals surface area contributed by atoms with Crippen molar-refractivity contribution in [2.24, 2.45) is 0 Å². The van der Waals surface area contributed by atoms with E-state index in [2.05, 4.69) is 35.0 Å². The topological polar surface area (TPSA) is 67.2 Å². The smallest absolute Gasteiger partial charge is 0.228 e. The van der Waals surface area contributed by atoms with E-state index < -0.39 is 0 Å². The Hall–Kier alpha value is -2.80. The highest BCUT2D eigenvalue weighted by Crippen LogP contribution is 2.31. The molecule has 1 aliphatic rings. The van der Waals surface area contributed by atoms with E-state index in [1.807, 2.05) is 40.0 Å². The molecule has 1 atom stereocenters. The monoisotopic (exact) mass is 378 g/mol. The van der Waals surface area contributed by atoms with E-state index in [-0.39, 0.29) is 11.8 Å². The first-order valence-corrected chi connectivity index (χ1v) is 9.75. The Bertz CT molecular complexity index is 952. The van der Waals surface area contributed by atoms with Crippen molar-refractivity contribution in [3.8, 4) is 0 Å². The van der Waals surface area contributed by atoms with Gasteiger partial charge in [-0.15, -0.1) is 0 Å². The second-order valence-electron chi connectivity index (χ2n) is 7.61. The highest BCUT2D eigenvalue weighted by molar-refractivity contribution is 5.80. The van der Waals surface area contributed by atoms with Crippen molar-refractivity contribution < 1.29 is 4.79 Å². The van der Waals surface area contributed by atoms with Crippen LogP contribution >= 0.6 is 0 Å². The van der Waals surface area contributed by atoms with E-state index in [0.29, 0.717) is 13.0 Å². The molecule has 4 heterocycles. The number of hydrogen-bond donors (Lipinski definition) is 0. The highest BCUT2D eigenvalue weighted by Gasteiger charge is 2.30. The predicted octanol–water partition coefficient (Wildman–Crippen LogP) is 1.95. The lowest BCUT2D eigenvalue weighted by molar-refractivity contribution is -0.129. The second-order valence-corrected chi connectivity index (χ2v) is 7.61. The summed E-state index contributed by atoms with van der Waals surface area (Å²) in [5.41, 5.74) is 2.81. The molecule has 0 N–H and O–H groups in total. The first kappa shape index (κ1) is 18.6. The molecule has 7 nitrogen and oxygen atoms in total. The number of nitrogens with zero attached hydrogens (tertiary/aromatic N) is 6. The summed E-state index contributed by atoms with van der Waals surface area (Å²) < 4.78 is 2.00. The summed E-state index contributed by atoms with van der Waals surface area (Å²) in [7, 11) is 4.12. The molecule has 1 fully saturated rings. The van der Waals surface area contributed by atoms with Crippen LogP contribution in [0.3, 0.4) is 0 Å². The summed E-state index contributed by atoms with van der Waals surface area (Å²) in [4.78, 5) is 25.6. The fourth-order valence-electron chi connectivity index (χ4n) is 3.77.